The van der Waals surface area contributed by atoms with Crippen LogP contribution >= 0.6 is 0 Å². The van der Waals surface area contributed by atoms with E-state index in [2.05, 4.69) is 43.5 Å². The second kappa shape index (κ2) is 3.98. The maximum Gasteiger partial charge on any atom is 0.137 e. The van der Waals surface area contributed by atoms with Gasteiger partial charge in [0, 0.05) is 18.0 Å². The van der Waals surface area contributed by atoms with Crippen molar-refractivity contribution < 1.29 is 0 Å². The Bertz CT molecular complexity index is 667. The Morgan fingerprint density at radius 1 is 1.00 bits per heavy atom. The lowest BCUT2D eigenvalue weighted by Crippen LogP contribution is -1.89. The van der Waals surface area contributed by atoms with E-state index in [0.717, 1.165) is 11.3 Å². The minimum atomic E-state index is 0.992. The summed E-state index contributed by atoms with van der Waals surface area (Å²) in [7, 11) is 0. The van der Waals surface area contributed by atoms with E-state index in [4.69, 9.17) is 4.98 Å². The highest BCUT2D eigenvalue weighted by atomic mass is 15.0. The third kappa shape index (κ3) is 1.70. The summed E-state index contributed by atoms with van der Waals surface area (Å²) in [5, 5.41) is 0. The monoisotopic (exact) mass is 236 g/mol. The maximum absolute atomic E-state index is 4.70. The van der Waals surface area contributed by atoms with E-state index < -0.39 is 0 Å². The summed E-state index contributed by atoms with van der Waals surface area (Å²) in [4.78, 5) is 4.70. The number of hydrogen-bond donors (Lipinski definition) is 0. The quantitative estimate of drug-likeness (QED) is 0.626. The molecule has 0 aliphatic carbocycles. The van der Waals surface area contributed by atoms with E-state index >= 15 is 0 Å². The highest BCUT2D eigenvalue weighted by Crippen LogP contribution is 2.27. The molecule has 0 spiro atoms. The molecule has 0 atom stereocenters. The largest absolute Gasteiger partial charge is 0.306 e. The smallest absolute Gasteiger partial charge is 0.137 e. The van der Waals surface area contributed by atoms with Crippen molar-refractivity contribution >= 4 is 5.65 Å². The standard InChI is InChI=1S/C16H16N2/c1-11-8-12(2)16(13(3)9-11)14-10-18-7-5-4-6-15(18)17-14/h4-10H,1-3H3. The summed E-state index contributed by atoms with van der Waals surface area (Å²) in [6.07, 6.45) is 4.13. The number of fused-ring (bicyclic) bond motifs is 1. The minimum Gasteiger partial charge on any atom is -0.306 e. The first kappa shape index (κ1) is 11.0. The molecule has 0 saturated carbocycles. The number of aromatic nitrogens is 2. The molecule has 0 bridgehead atoms. The topological polar surface area (TPSA) is 17.3 Å². The van der Waals surface area contributed by atoms with Gasteiger partial charge in [-0.05, 0) is 44.0 Å². The number of pyridine rings is 1. The van der Waals surface area contributed by atoms with Gasteiger partial charge in [-0.25, -0.2) is 4.98 Å². The van der Waals surface area contributed by atoms with Crippen LogP contribution in [-0.2, 0) is 0 Å². The Hall–Kier alpha value is -2.09. The van der Waals surface area contributed by atoms with Gasteiger partial charge in [0.05, 0.1) is 5.69 Å². The van der Waals surface area contributed by atoms with Gasteiger partial charge >= 0.3 is 0 Å². The van der Waals surface area contributed by atoms with Gasteiger partial charge in [-0.3, -0.25) is 0 Å². The summed E-state index contributed by atoms with van der Waals surface area (Å²) < 4.78 is 2.06. The highest BCUT2D eigenvalue weighted by molar-refractivity contribution is 5.70. The summed E-state index contributed by atoms with van der Waals surface area (Å²) in [5.41, 5.74) is 7.18. The molecule has 0 amide bonds. The van der Waals surface area contributed by atoms with E-state index in [1.54, 1.807) is 0 Å². The number of hydrogen-bond acceptors (Lipinski definition) is 1. The lowest BCUT2D eigenvalue weighted by molar-refractivity contribution is 1.19. The third-order valence-corrected chi connectivity index (χ3v) is 3.30. The van der Waals surface area contributed by atoms with Crippen LogP contribution in [-0.4, -0.2) is 9.38 Å². The van der Waals surface area contributed by atoms with Crippen LogP contribution in [0.2, 0.25) is 0 Å². The van der Waals surface area contributed by atoms with Gasteiger partial charge in [0.1, 0.15) is 5.65 Å². The van der Waals surface area contributed by atoms with Crippen molar-refractivity contribution in [3.8, 4) is 11.3 Å². The molecule has 0 N–H and O–H groups in total. The summed E-state index contributed by atoms with van der Waals surface area (Å²) in [6, 6.07) is 10.5. The van der Waals surface area contributed by atoms with Gasteiger partial charge < -0.3 is 4.40 Å². The average molecular weight is 236 g/mol. The predicted octanol–water partition coefficient (Wildman–Crippen LogP) is 3.93. The highest BCUT2D eigenvalue weighted by Gasteiger charge is 2.10. The van der Waals surface area contributed by atoms with Crippen molar-refractivity contribution in [2.24, 2.45) is 0 Å². The molecule has 0 fully saturated rings. The van der Waals surface area contributed by atoms with Gasteiger partial charge in [0.2, 0.25) is 0 Å². The zero-order chi connectivity index (χ0) is 12.7. The Kier molecular flexibility index (Phi) is 2.44. The molecule has 0 unspecified atom stereocenters. The van der Waals surface area contributed by atoms with Crippen LogP contribution in [0, 0.1) is 20.8 Å². The number of imidazole rings is 1. The molecule has 2 aromatic heterocycles. The lowest BCUT2D eigenvalue weighted by atomic mass is 9.98. The molecule has 2 heteroatoms. The van der Waals surface area contributed by atoms with Crippen LogP contribution in [0.25, 0.3) is 16.9 Å². The first-order valence-corrected chi connectivity index (χ1v) is 6.17. The fraction of sp³-hybridized carbons (Fsp3) is 0.188. The van der Waals surface area contributed by atoms with Crippen LogP contribution in [0.1, 0.15) is 16.7 Å². The third-order valence-electron chi connectivity index (χ3n) is 3.30. The molecule has 2 nitrogen and oxygen atoms in total. The van der Waals surface area contributed by atoms with Crippen molar-refractivity contribution in [2.75, 3.05) is 0 Å². The molecule has 0 saturated heterocycles. The van der Waals surface area contributed by atoms with E-state index in [1.165, 1.54) is 22.3 Å². The second-order valence-electron chi connectivity index (χ2n) is 4.87. The molecular weight excluding hydrogens is 220 g/mol. The summed E-state index contributed by atoms with van der Waals surface area (Å²) in [6.45, 7) is 6.44. The Morgan fingerprint density at radius 3 is 2.39 bits per heavy atom. The minimum absolute atomic E-state index is 0.992. The van der Waals surface area contributed by atoms with Gasteiger partial charge in [0.15, 0.2) is 0 Å². The van der Waals surface area contributed by atoms with Crippen molar-refractivity contribution in [1.82, 2.24) is 9.38 Å². The first-order chi connectivity index (χ1) is 8.65. The molecular formula is C16H16N2. The molecule has 3 aromatic rings. The van der Waals surface area contributed by atoms with Crippen LogP contribution < -0.4 is 0 Å². The Balaban J connectivity index is 2.26. The molecule has 0 aliphatic heterocycles. The lowest BCUT2D eigenvalue weighted by Gasteiger charge is -2.08. The number of nitrogens with zero attached hydrogens (tertiary/aromatic N) is 2. The average Bonchev–Trinajstić information content (AvgIpc) is 2.70. The van der Waals surface area contributed by atoms with Crippen molar-refractivity contribution in [3.05, 3.63) is 59.4 Å². The van der Waals surface area contributed by atoms with Crippen molar-refractivity contribution in [2.45, 2.75) is 20.8 Å². The number of rotatable bonds is 1. The first-order valence-electron chi connectivity index (χ1n) is 6.17. The molecule has 1 aromatic carbocycles. The van der Waals surface area contributed by atoms with Gasteiger partial charge in [-0.1, -0.05) is 23.8 Å². The van der Waals surface area contributed by atoms with Gasteiger partial charge in [-0.2, -0.15) is 0 Å². The zero-order valence-electron chi connectivity index (χ0n) is 10.9. The fourth-order valence-electron chi connectivity index (χ4n) is 2.64. The van der Waals surface area contributed by atoms with E-state index in [9.17, 15) is 0 Å². The molecule has 18 heavy (non-hydrogen) atoms. The van der Waals surface area contributed by atoms with Gasteiger partial charge in [-0.15, -0.1) is 0 Å². The van der Waals surface area contributed by atoms with E-state index in [0.29, 0.717) is 0 Å². The van der Waals surface area contributed by atoms with Crippen LogP contribution in [0.5, 0.6) is 0 Å². The van der Waals surface area contributed by atoms with Crippen molar-refractivity contribution in [3.63, 3.8) is 0 Å². The normalized spacial score (nSPS) is 11.1. The Morgan fingerprint density at radius 2 is 1.72 bits per heavy atom. The molecule has 0 radical (unpaired) electrons. The van der Waals surface area contributed by atoms with Gasteiger partial charge in [0.25, 0.3) is 0 Å². The van der Waals surface area contributed by atoms with E-state index in [1.807, 2.05) is 24.4 Å². The zero-order valence-corrected chi connectivity index (χ0v) is 10.9. The Labute approximate surface area is 107 Å². The van der Waals surface area contributed by atoms with Crippen LogP contribution in [0.15, 0.2) is 42.7 Å². The number of benzene rings is 1. The molecule has 3 rings (SSSR count). The summed E-state index contributed by atoms with van der Waals surface area (Å²) in [5.74, 6) is 0. The van der Waals surface area contributed by atoms with Crippen LogP contribution in [0.3, 0.4) is 0 Å². The van der Waals surface area contributed by atoms with Crippen molar-refractivity contribution in [1.29, 1.82) is 0 Å². The fourth-order valence-corrected chi connectivity index (χ4v) is 2.64. The second-order valence-corrected chi connectivity index (χ2v) is 4.87. The molecule has 90 valence electrons. The predicted molar refractivity (Wildman–Crippen MR) is 74.8 cm³/mol. The maximum atomic E-state index is 4.70. The SMILES string of the molecule is Cc1cc(C)c(-c2cn3ccccc3n2)c(C)c1. The van der Waals surface area contributed by atoms with Crippen LogP contribution in [0.4, 0.5) is 0 Å². The summed E-state index contributed by atoms with van der Waals surface area (Å²) >= 11 is 0. The molecule has 0 aliphatic rings. The molecule has 2 heterocycles. The van der Waals surface area contributed by atoms with E-state index in [-0.39, 0.29) is 0 Å². The number of aryl methyl sites for hydroxylation is 3.